The number of hydrogen-bond acceptors (Lipinski definition) is 3. The van der Waals surface area contributed by atoms with Crippen LogP contribution >= 0.6 is 0 Å². The summed E-state index contributed by atoms with van der Waals surface area (Å²) in [7, 11) is 0. The molecule has 6 nitrogen and oxygen atoms in total. The minimum Gasteiger partial charge on any atom is -0.332 e. The number of nitrogens with zero attached hydrogens (tertiary/aromatic N) is 4. The van der Waals surface area contributed by atoms with Crippen LogP contribution in [0.2, 0.25) is 0 Å². The molecule has 5 rings (SSSR count). The Morgan fingerprint density at radius 3 is 2.96 bits per heavy atom. The molecule has 0 radical (unpaired) electrons. The molecule has 3 heterocycles. The fraction of sp³-hybridized carbons (Fsp3) is 0.316. The van der Waals surface area contributed by atoms with Gasteiger partial charge in [0.1, 0.15) is 11.5 Å². The molecule has 132 valence electrons. The molecule has 0 bridgehead atoms. The van der Waals surface area contributed by atoms with Crippen LogP contribution < -0.4 is 0 Å². The molecule has 1 aliphatic carbocycles. The minimum absolute atomic E-state index is 0.0786. The molecule has 2 aromatic heterocycles. The predicted molar refractivity (Wildman–Crippen MR) is 92.6 cm³/mol. The van der Waals surface area contributed by atoms with Gasteiger partial charge in [0, 0.05) is 42.0 Å². The van der Waals surface area contributed by atoms with Crippen LogP contribution in [0.1, 0.15) is 39.4 Å². The lowest BCUT2D eigenvalue weighted by Gasteiger charge is -2.26. The zero-order chi connectivity index (χ0) is 17.7. The van der Waals surface area contributed by atoms with E-state index in [4.69, 9.17) is 0 Å². The molecule has 3 aromatic rings. The number of nitrogens with one attached hydrogen (secondary N) is 1. The van der Waals surface area contributed by atoms with E-state index in [1.165, 1.54) is 6.07 Å². The number of aromatic amines is 1. The van der Waals surface area contributed by atoms with Crippen molar-refractivity contribution >= 4 is 5.91 Å². The first-order valence-electron chi connectivity index (χ1n) is 8.88. The van der Waals surface area contributed by atoms with E-state index in [1.54, 1.807) is 29.1 Å². The van der Waals surface area contributed by atoms with Gasteiger partial charge >= 0.3 is 0 Å². The Morgan fingerprint density at radius 2 is 2.08 bits per heavy atom. The Bertz CT molecular complexity index is 1010. The van der Waals surface area contributed by atoms with Crippen molar-refractivity contribution in [2.75, 3.05) is 6.54 Å². The van der Waals surface area contributed by atoms with E-state index in [0.717, 1.165) is 48.2 Å². The van der Waals surface area contributed by atoms with Crippen LogP contribution in [-0.2, 0) is 25.8 Å². The summed E-state index contributed by atoms with van der Waals surface area (Å²) >= 11 is 0. The molecule has 1 aromatic carbocycles. The molecule has 0 atom stereocenters. The number of carbonyl (C=O) groups is 1. The first-order valence-corrected chi connectivity index (χ1v) is 8.88. The average Bonchev–Trinajstić information content (AvgIpc) is 3.37. The summed E-state index contributed by atoms with van der Waals surface area (Å²) < 4.78 is 15.9. The largest absolute Gasteiger partial charge is 0.332 e. The molecule has 2 aliphatic rings. The van der Waals surface area contributed by atoms with Gasteiger partial charge < -0.3 is 4.90 Å². The van der Waals surface area contributed by atoms with Gasteiger partial charge in [-0.1, -0.05) is 12.1 Å². The Hall–Kier alpha value is -2.96. The molecule has 7 heteroatoms. The van der Waals surface area contributed by atoms with Crippen molar-refractivity contribution in [1.82, 2.24) is 24.9 Å². The summed E-state index contributed by atoms with van der Waals surface area (Å²) in [6.07, 6.45) is 5.13. The van der Waals surface area contributed by atoms with Crippen molar-refractivity contribution in [3.05, 3.63) is 64.5 Å². The summed E-state index contributed by atoms with van der Waals surface area (Å²) in [5.74, 6) is -0.408. The summed E-state index contributed by atoms with van der Waals surface area (Å²) in [5, 5.41) is 11.6. The molecule has 26 heavy (non-hydrogen) atoms. The topological polar surface area (TPSA) is 66.8 Å². The van der Waals surface area contributed by atoms with E-state index in [-0.39, 0.29) is 11.7 Å². The fourth-order valence-corrected chi connectivity index (χ4v) is 3.98. The van der Waals surface area contributed by atoms with E-state index < -0.39 is 0 Å². The Balaban J connectivity index is 1.53. The third-order valence-corrected chi connectivity index (χ3v) is 5.30. The van der Waals surface area contributed by atoms with Gasteiger partial charge in [-0.25, -0.2) is 9.07 Å². The summed E-state index contributed by atoms with van der Waals surface area (Å²) in [6, 6.07) is 6.57. The molecule has 1 amide bonds. The van der Waals surface area contributed by atoms with Gasteiger partial charge in [0.05, 0.1) is 6.20 Å². The van der Waals surface area contributed by atoms with Crippen molar-refractivity contribution in [3.63, 3.8) is 0 Å². The van der Waals surface area contributed by atoms with E-state index in [2.05, 4.69) is 15.3 Å². The highest BCUT2D eigenvalue weighted by Gasteiger charge is 2.31. The molecule has 0 saturated carbocycles. The van der Waals surface area contributed by atoms with Crippen molar-refractivity contribution < 1.29 is 9.18 Å². The maximum Gasteiger partial charge on any atom is 0.274 e. The molecule has 0 spiro atoms. The van der Waals surface area contributed by atoms with E-state index in [1.807, 2.05) is 4.90 Å². The van der Waals surface area contributed by atoms with Gasteiger partial charge in [-0.15, -0.1) is 0 Å². The molecule has 1 N–H and O–H groups in total. The highest BCUT2D eigenvalue weighted by molar-refractivity contribution is 5.94. The van der Waals surface area contributed by atoms with Crippen molar-refractivity contribution in [1.29, 1.82) is 0 Å². The SMILES string of the molecule is O=C(c1nn(-c2ccccc2F)c2c1CCC2)N1CCc2[nH]ncc2C1. The second-order valence-corrected chi connectivity index (χ2v) is 6.84. The Kier molecular flexibility index (Phi) is 3.41. The second-order valence-electron chi connectivity index (χ2n) is 6.84. The van der Waals surface area contributed by atoms with E-state index in [0.29, 0.717) is 24.5 Å². The molecule has 0 unspecified atom stereocenters. The number of H-pyrrole nitrogens is 1. The standard InChI is InChI=1S/C19H18FN5O/c20-14-5-1-2-6-17(14)25-16-7-3-4-13(16)18(23-25)19(26)24-9-8-15-12(11-24)10-21-22-15/h1-2,5-6,10H,3-4,7-9,11H2,(H,21,22). The third-order valence-electron chi connectivity index (χ3n) is 5.30. The number of para-hydroxylation sites is 1. The maximum absolute atomic E-state index is 14.3. The van der Waals surface area contributed by atoms with Gasteiger partial charge in [0.15, 0.2) is 5.69 Å². The normalized spacial score (nSPS) is 15.8. The maximum atomic E-state index is 14.3. The highest BCUT2D eigenvalue weighted by Crippen LogP contribution is 2.30. The lowest BCUT2D eigenvalue weighted by atomic mass is 10.1. The van der Waals surface area contributed by atoms with Crippen LogP contribution in [0.5, 0.6) is 0 Å². The second kappa shape index (κ2) is 5.79. The fourth-order valence-electron chi connectivity index (χ4n) is 3.98. The smallest absolute Gasteiger partial charge is 0.274 e. The van der Waals surface area contributed by atoms with Crippen LogP contribution in [0.25, 0.3) is 5.69 Å². The van der Waals surface area contributed by atoms with E-state index in [9.17, 15) is 9.18 Å². The van der Waals surface area contributed by atoms with Gasteiger partial charge in [0.25, 0.3) is 5.91 Å². The first-order chi connectivity index (χ1) is 12.7. The summed E-state index contributed by atoms with van der Waals surface area (Å²) in [4.78, 5) is 15.0. The molecule has 1 aliphatic heterocycles. The number of rotatable bonds is 2. The number of hydrogen-bond donors (Lipinski definition) is 1. The minimum atomic E-state index is -0.329. The van der Waals surface area contributed by atoms with Gasteiger partial charge in [-0.05, 0) is 31.4 Å². The lowest BCUT2D eigenvalue weighted by Crippen LogP contribution is -2.36. The number of amides is 1. The van der Waals surface area contributed by atoms with Gasteiger partial charge in [0.2, 0.25) is 0 Å². The number of benzene rings is 1. The number of carbonyl (C=O) groups excluding carboxylic acids is 1. The number of halogens is 1. The predicted octanol–water partition coefficient (Wildman–Crippen LogP) is 2.42. The third kappa shape index (κ3) is 2.27. The van der Waals surface area contributed by atoms with Crippen LogP contribution in [0.15, 0.2) is 30.5 Å². The molecule has 0 saturated heterocycles. The van der Waals surface area contributed by atoms with E-state index >= 15 is 0 Å². The molecular weight excluding hydrogens is 333 g/mol. The number of aromatic nitrogens is 4. The lowest BCUT2D eigenvalue weighted by molar-refractivity contribution is 0.0726. The quantitative estimate of drug-likeness (QED) is 0.771. The Labute approximate surface area is 149 Å². The zero-order valence-corrected chi connectivity index (χ0v) is 14.2. The van der Waals surface area contributed by atoms with Crippen molar-refractivity contribution in [3.8, 4) is 5.69 Å². The van der Waals surface area contributed by atoms with Crippen LogP contribution in [-0.4, -0.2) is 37.3 Å². The monoisotopic (exact) mass is 351 g/mol. The van der Waals surface area contributed by atoms with Crippen LogP contribution in [0, 0.1) is 5.82 Å². The van der Waals surface area contributed by atoms with Crippen LogP contribution in [0.4, 0.5) is 4.39 Å². The van der Waals surface area contributed by atoms with Crippen molar-refractivity contribution in [2.24, 2.45) is 0 Å². The molecule has 0 fully saturated rings. The van der Waals surface area contributed by atoms with Gasteiger partial charge in [-0.3, -0.25) is 9.89 Å². The summed E-state index contributed by atoms with van der Waals surface area (Å²) in [5.41, 5.74) is 4.94. The zero-order valence-electron chi connectivity index (χ0n) is 14.2. The average molecular weight is 351 g/mol. The highest BCUT2D eigenvalue weighted by atomic mass is 19.1. The first kappa shape index (κ1) is 15.3. The Morgan fingerprint density at radius 1 is 1.19 bits per heavy atom. The summed E-state index contributed by atoms with van der Waals surface area (Å²) in [6.45, 7) is 1.17. The molecular formula is C19H18FN5O. The van der Waals surface area contributed by atoms with Crippen molar-refractivity contribution in [2.45, 2.75) is 32.2 Å². The van der Waals surface area contributed by atoms with Crippen LogP contribution in [0.3, 0.4) is 0 Å². The number of fused-ring (bicyclic) bond motifs is 2. The van der Waals surface area contributed by atoms with Gasteiger partial charge in [-0.2, -0.15) is 10.2 Å².